The summed E-state index contributed by atoms with van der Waals surface area (Å²) >= 11 is 0. The number of hydrogen-bond donors (Lipinski definition) is 0. The fraction of sp³-hybridized carbons (Fsp3) is 0.333. The molecule has 2 atom stereocenters. The molecule has 1 amide bonds. The number of nitrogens with zero attached hydrogens (tertiary/aromatic N) is 6. The summed E-state index contributed by atoms with van der Waals surface area (Å²) in [6.07, 6.45) is 3.86. The Labute approximate surface area is 263 Å². The van der Waals surface area contributed by atoms with Gasteiger partial charge in [-0.25, -0.2) is 0 Å². The van der Waals surface area contributed by atoms with Crippen molar-refractivity contribution >= 4 is 5.91 Å². The summed E-state index contributed by atoms with van der Waals surface area (Å²) in [4.78, 5) is 18.3. The summed E-state index contributed by atoms with van der Waals surface area (Å²) in [5.41, 5.74) is 5.84. The molecule has 3 heterocycles. The number of fused-ring (bicyclic) bond motifs is 2. The number of amides is 1. The molecule has 0 saturated carbocycles. The number of aromatic nitrogens is 2. The number of rotatable bonds is 9. The van der Waals surface area contributed by atoms with Crippen LogP contribution in [0.25, 0.3) is 22.4 Å². The van der Waals surface area contributed by atoms with Gasteiger partial charge in [0, 0.05) is 43.9 Å². The van der Waals surface area contributed by atoms with Crippen LogP contribution in [0.15, 0.2) is 72.9 Å². The van der Waals surface area contributed by atoms with Crippen LogP contribution >= 0.6 is 0 Å². The molecule has 0 N–H and O–H groups in total. The van der Waals surface area contributed by atoms with Crippen LogP contribution in [-0.4, -0.2) is 72.4 Å². The lowest BCUT2D eigenvalue weighted by atomic mass is 9.84. The molecule has 4 aromatic rings. The van der Waals surface area contributed by atoms with E-state index in [1.807, 2.05) is 35.2 Å². The van der Waals surface area contributed by atoms with Crippen LogP contribution in [0.4, 0.5) is 0 Å². The molecule has 228 valence electrons. The molecule has 2 aliphatic heterocycles. The summed E-state index contributed by atoms with van der Waals surface area (Å²) in [6.45, 7) is 4.56. The molecular formula is C36H36N6O3. The molecule has 0 aliphatic carbocycles. The van der Waals surface area contributed by atoms with Crippen molar-refractivity contribution in [3.05, 3.63) is 89.6 Å². The zero-order valence-electron chi connectivity index (χ0n) is 25.6. The number of hydrogen-bond acceptors (Lipinski definition) is 7. The summed E-state index contributed by atoms with van der Waals surface area (Å²) in [7, 11) is 3.31. The third-order valence-corrected chi connectivity index (χ3v) is 8.91. The zero-order chi connectivity index (χ0) is 31.3. The highest BCUT2D eigenvalue weighted by atomic mass is 16.5. The Hall–Kier alpha value is -5.12. The molecule has 3 aromatic carbocycles. The Morgan fingerprint density at radius 2 is 1.47 bits per heavy atom. The maximum absolute atomic E-state index is 13.8. The predicted molar refractivity (Wildman–Crippen MR) is 170 cm³/mol. The van der Waals surface area contributed by atoms with Crippen LogP contribution in [0.3, 0.4) is 0 Å². The molecule has 0 radical (unpaired) electrons. The van der Waals surface area contributed by atoms with E-state index in [9.17, 15) is 15.3 Å². The van der Waals surface area contributed by atoms with E-state index in [-0.39, 0.29) is 12.5 Å². The van der Waals surface area contributed by atoms with E-state index in [1.165, 1.54) is 5.56 Å². The summed E-state index contributed by atoms with van der Waals surface area (Å²) in [5, 5.41) is 23.2. The van der Waals surface area contributed by atoms with Crippen molar-refractivity contribution in [2.24, 2.45) is 11.8 Å². The lowest BCUT2D eigenvalue weighted by Crippen LogP contribution is -2.54. The number of ether oxygens (including phenoxy) is 2. The first kappa shape index (κ1) is 29.9. The number of likely N-dealkylation sites (tertiary alicyclic amines) is 2. The van der Waals surface area contributed by atoms with Gasteiger partial charge in [0.25, 0.3) is 0 Å². The van der Waals surface area contributed by atoms with Crippen LogP contribution < -0.4 is 9.47 Å². The Bertz CT molecular complexity index is 1740. The molecule has 2 bridgehead atoms. The number of carbonyl (C=O) groups excluding carboxylic acids is 1. The van der Waals surface area contributed by atoms with E-state index >= 15 is 0 Å². The smallest absolute Gasteiger partial charge is 0.244 e. The van der Waals surface area contributed by atoms with Crippen molar-refractivity contribution in [3.8, 4) is 46.0 Å². The first-order valence-electron chi connectivity index (χ1n) is 15.3. The van der Waals surface area contributed by atoms with Crippen molar-refractivity contribution in [2.45, 2.75) is 19.4 Å². The Balaban J connectivity index is 1.14. The number of nitriles is 2. The van der Waals surface area contributed by atoms with Gasteiger partial charge in [-0.1, -0.05) is 30.3 Å². The van der Waals surface area contributed by atoms with Crippen LogP contribution in [-0.2, 0) is 17.8 Å². The minimum atomic E-state index is 0.0628. The minimum Gasteiger partial charge on any atom is -0.493 e. The van der Waals surface area contributed by atoms with Crippen LogP contribution in [0.2, 0.25) is 0 Å². The van der Waals surface area contributed by atoms with Gasteiger partial charge in [-0.2, -0.15) is 15.6 Å². The monoisotopic (exact) mass is 600 g/mol. The van der Waals surface area contributed by atoms with E-state index in [0.717, 1.165) is 79.4 Å². The normalized spacial score (nSPS) is 17.7. The second kappa shape index (κ2) is 13.3. The number of benzene rings is 3. The van der Waals surface area contributed by atoms with E-state index in [1.54, 1.807) is 49.4 Å². The minimum absolute atomic E-state index is 0.0628. The maximum Gasteiger partial charge on any atom is 0.244 e. The fourth-order valence-corrected chi connectivity index (χ4v) is 6.77. The molecule has 9 nitrogen and oxygen atoms in total. The molecule has 2 unspecified atom stereocenters. The molecule has 0 spiro atoms. The zero-order valence-corrected chi connectivity index (χ0v) is 25.6. The van der Waals surface area contributed by atoms with Gasteiger partial charge in [0.1, 0.15) is 6.54 Å². The summed E-state index contributed by atoms with van der Waals surface area (Å²) in [6, 6.07) is 25.1. The molecule has 6 rings (SSSR count). The quantitative estimate of drug-likeness (QED) is 0.266. The van der Waals surface area contributed by atoms with E-state index in [0.29, 0.717) is 23.0 Å². The van der Waals surface area contributed by atoms with Gasteiger partial charge in [-0.15, -0.1) is 0 Å². The van der Waals surface area contributed by atoms with Gasteiger partial charge in [0.05, 0.1) is 49.4 Å². The lowest BCUT2D eigenvalue weighted by Gasteiger charge is -2.46. The third-order valence-electron chi connectivity index (χ3n) is 8.91. The van der Waals surface area contributed by atoms with Crippen molar-refractivity contribution in [1.29, 1.82) is 10.5 Å². The number of methoxy groups -OCH3 is 2. The number of piperidine rings is 2. The van der Waals surface area contributed by atoms with E-state index < -0.39 is 0 Å². The van der Waals surface area contributed by atoms with Gasteiger partial charge in [0.2, 0.25) is 5.91 Å². The fourth-order valence-electron chi connectivity index (χ4n) is 6.77. The van der Waals surface area contributed by atoms with Gasteiger partial charge >= 0.3 is 0 Å². The Kier molecular flexibility index (Phi) is 8.81. The van der Waals surface area contributed by atoms with Gasteiger partial charge < -0.3 is 19.3 Å². The maximum atomic E-state index is 13.8. The Morgan fingerprint density at radius 1 is 0.844 bits per heavy atom. The molecule has 2 aliphatic rings. The SMILES string of the molecule is COc1ccc(CCN2CC3CC(C2)CN(C(=O)Cn2ncc(-c4ccc(C#N)cc4)c2-c2ccc(C#N)cc2)C3)cc1OC. The standard InChI is InChI=1S/C36H36N6O3/c1-44-33-12-7-25(16-34(33)45-2)13-14-40-20-28-15-29(21-40)23-41(22-28)35(43)24-42-36(31-10-5-27(18-38)6-11-31)32(19-39-42)30-8-3-26(17-37)4-9-30/h3-12,16,19,28-29H,13-15,20-24H2,1-2H3. The first-order valence-corrected chi connectivity index (χ1v) is 15.3. The lowest BCUT2D eigenvalue weighted by molar-refractivity contribution is -0.136. The van der Waals surface area contributed by atoms with Crippen molar-refractivity contribution < 1.29 is 14.3 Å². The highest BCUT2D eigenvalue weighted by molar-refractivity contribution is 5.83. The van der Waals surface area contributed by atoms with Crippen LogP contribution in [0, 0.1) is 34.5 Å². The molecule has 45 heavy (non-hydrogen) atoms. The Morgan fingerprint density at radius 3 is 2.07 bits per heavy atom. The van der Waals surface area contributed by atoms with Crippen LogP contribution in [0.5, 0.6) is 11.5 Å². The second-order valence-corrected chi connectivity index (χ2v) is 11.9. The number of carbonyl (C=O) groups is 1. The molecule has 2 fully saturated rings. The molecular weight excluding hydrogens is 564 g/mol. The largest absolute Gasteiger partial charge is 0.493 e. The van der Waals surface area contributed by atoms with E-state index in [4.69, 9.17) is 9.47 Å². The van der Waals surface area contributed by atoms with E-state index in [2.05, 4.69) is 34.3 Å². The third kappa shape index (κ3) is 6.55. The summed E-state index contributed by atoms with van der Waals surface area (Å²) < 4.78 is 12.6. The molecule has 1 aromatic heterocycles. The summed E-state index contributed by atoms with van der Waals surface area (Å²) in [5.74, 6) is 2.44. The highest BCUT2D eigenvalue weighted by Crippen LogP contribution is 2.34. The first-order chi connectivity index (χ1) is 22.0. The topological polar surface area (TPSA) is 107 Å². The van der Waals surface area contributed by atoms with Crippen molar-refractivity contribution in [3.63, 3.8) is 0 Å². The second-order valence-electron chi connectivity index (χ2n) is 11.9. The average molecular weight is 601 g/mol. The predicted octanol–water partition coefficient (Wildman–Crippen LogP) is 5.00. The highest BCUT2D eigenvalue weighted by Gasteiger charge is 2.36. The van der Waals surface area contributed by atoms with Crippen molar-refractivity contribution in [1.82, 2.24) is 19.6 Å². The van der Waals surface area contributed by atoms with Crippen LogP contribution in [0.1, 0.15) is 23.1 Å². The van der Waals surface area contributed by atoms with Gasteiger partial charge in [0.15, 0.2) is 11.5 Å². The van der Waals surface area contributed by atoms with Gasteiger partial charge in [-0.05, 0) is 72.2 Å². The van der Waals surface area contributed by atoms with Crippen molar-refractivity contribution in [2.75, 3.05) is 46.9 Å². The van der Waals surface area contributed by atoms with Gasteiger partial charge in [-0.3, -0.25) is 9.48 Å². The molecule has 9 heteroatoms. The average Bonchev–Trinajstić information content (AvgIpc) is 3.49. The molecule has 2 saturated heterocycles.